The van der Waals surface area contributed by atoms with Crippen LogP contribution in [0.5, 0.6) is 0 Å². The zero-order chi connectivity index (χ0) is 11.0. The Morgan fingerprint density at radius 2 is 2.07 bits per heavy atom. The van der Waals surface area contributed by atoms with E-state index < -0.39 is 25.3 Å². The molecule has 0 aromatic carbocycles. The Kier molecular flexibility index (Phi) is 2.59. The van der Waals surface area contributed by atoms with Crippen molar-refractivity contribution in [1.82, 2.24) is 0 Å². The predicted octanol–water partition coefficient (Wildman–Crippen LogP) is 1.20. The third-order valence-electron chi connectivity index (χ3n) is 1.35. The number of aliphatic carboxylic acids is 1. The first kappa shape index (κ1) is 11.1. The van der Waals surface area contributed by atoms with Crippen molar-refractivity contribution in [3.63, 3.8) is 0 Å². The SMILES string of the molecule is O=C(O)C(F)(F)S(=O)(=O)c1cccs1. The molecule has 1 aromatic heterocycles. The highest BCUT2D eigenvalue weighted by Crippen LogP contribution is 2.31. The minimum atomic E-state index is -5.11. The predicted molar refractivity (Wildman–Crippen MR) is 44.1 cm³/mol. The standard InChI is InChI=1S/C6H4F2O4S2/c7-6(8,5(9)10)14(11,12)4-2-1-3-13-4/h1-3H,(H,9,10). The fourth-order valence-corrected chi connectivity index (χ4v) is 2.83. The topological polar surface area (TPSA) is 71.4 Å². The van der Waals surface area contributed by atoms with Gasteiger partial charge < -0.3 is 5.11 Å². The van der Waals surface area contributed by atoms with Crippen LogP contribution in [-0.4, -0.2) is 24.7 Å². The van der Waals surface area contributed by atoms with Crippen LogP contribution in [0.25, 0.3) is 0 Å². The highest BCUT2D eigenvalue weighted by Gasteiger charge is 2.54. The molecule has 1 N–H and O–H groups in total. The Hall–Kier alpha value is -1.02. The molecule has 1 heterocycles. The van der Waals surface area contributed by atoms with E-state index in [-0.39, 0.29) is 0 Å². The Balaban J connectivity index is 3.29. The number of alkyl halides is 2. The molecular formula is C6H4F2O4S2. The van der Waals surface area contributed by atoms with E-state index in [4.69, 9.17) is 5.11 Å². The summed E-state index contributed by atoms with van der Waals surface area (Å²) in [6.07, 6.45) is 0. The third kappa shape index (κ3) is 1.50. The molecule has 0 atom stereocenters. The molecule has 0 bridgehead atoms. The van der Waals surface area contributed by atoms with E-state index in [9.17, 15) is 22.0 Å². The van der Waals surface area contributed by atoms with E-state index in [0.717, 1.165) is 6.07 Å². The van der Waals surface area contributed by atoms with Crippen molar-refractivity contribution in [2.24, 2.45) is 0 Å². The van der Waals surface area contributed by atoms with Crippen LogP contribution in [0.15, 0.2) is 21.7 Å². The zero-order valence-electron chi connectivity index (χ0n) is 6.48. The van der Waals surface area contributed by atoms with Crippen molar-refractivity contribution in [1.29, 1.82) is 0 Å². The molecule has 4 nitrogen and oxygen atoms in total. The number of hydrogen-bond acceptors (Lipinski definition) is 4. The fraction of sp³-hybridized carbons (Fsp3) is 0.167. The van der Waals surface area contributed by atoms with Crippen LogP contribution in [0.3, 0.4) is 0 Å². The molecule has 0 unspecified atom stereocenters. The summed E-state index contributed by atoms with van der Waals surface area (Å²) in [6, 6.07) is 2.17. The van der Waals surface area contributed by atoms with Gasteiger partial charge in [0.2, 0.25) is 0 Å². The van der Waals surface area contributed by atoms with Gasteiger partial charge in [-0.3, -0.25) is 0 Å². The van der Waals surface area contributed by atoms with Crippen molar-refractivity contribution >= 4 is 27.1 Å². The van der Waals surface area contributed by atoms with Gasteiger partial charge in [-0.05, 0) is 11.4 Å². The quantitative estimate of drug-likeness (QED) is 0.864. The van der Waals surface area contributed by atoms with E-state index in [1.165, 1.54) is 11.4 Å². The van der Waals surface area contributed by atoms with Gasteiger partial charge in [0.1, 0.15) is 4.21 Å². The summed E-state index contributed by atoms with van der Waals surface area (Å²) in [4.78, 5) is 10.0. The van der Waals surface area contributed by atoms with E-state index in [1.54, 1.807) is 0 Å². The molecule has 0 aliphatic heterocycles. The summed E-state index contributed by atoms with van der Waals surface area (Å²) in [5.41, 5.74) is 0. The molecule has 0 spiro atoms. The van der Waals surface area contributed by atoms with E-state index >= 15 is 0 Å². The van der Waals surface area contributed by atoms with Crippen molar-refractivity contribution in [3.8, 4) is 0 Å². The maximum atomic E-state index is 12.7. The smallest absolute Gasteiger partial charge is 0.445 e. The average molecular weight is 242 g/mol. The number of carbonyl (C=O) groups is 1. The van der Waals surface area contributed by atoms with Crippen molar-refractivity contribution < 1.29 is 27.1 Å². The van der Waals surface area contributed by atoms with Gasteiger partial charge in [-0.25, -0.2) is 13.2 Å². The summed E-state index contributed by atoms with van der Waals surface area (Å²) < 4.78 is 46.8. The molecular weight excluding hydrogens is 238 g/mol. The van der Waals surface area contributed by atoms with Gasteiger partial charge in [-0.1, -0.05) is 6.07 Å². The van der Waals surface area contributed by atoms with Crippen LogP contribution in [0.2, 0.25) is 0 Å². The highest BCUT2D eigenvalue weighted by molar-refractivity contribution is 7.95. The van der Waals surface area contributed by atoms with Crippen LogP contribution < -0.4 is 0 Å². The lowest BCUT2D eigenvalue weighted by Gasteiger charge is -2.09. The number of sulfone groups is 1. The lowest BCUT2D eigenvalue weighted by molar-refractivity contribution is -0.153. The van der Waals surface area contributed by atoms with Crippen LogP contribution in [-0.2, 0) is 14.6 Å². The molecule has 0 aliphatic rings. The largest absolute Gasteiger partial charge is 0.476 e. The van der Waals surface area contributed by atoms with E-state index in [2.05, 4.69) is 0 Å². The second kappa shape index (κ2) is 3.28. The molecule has 78 valence electrons. The highest BCUT2D eigenvalue weighted by atomic mass is 32.2. The van der Waals surface area contributed by atoms with Crippen LogP contribution in [0, 0.1) is 0 Å². The molecule has 0 aliphatic carbocycles. The number of carboxylic acid groups (broad SMARTS) is 1. The van der Waals surface area contributed by atoms with E-state index in [1.807, 2.05) is 0 Å². The Morgan fingerprint density at radius 1 is 1.50 bits per heavy atom. The van der Waals surface area contributed by atoms with Gasteiger partial charge in [-0.2, -0.15) is 8.78 Å². The molecule has 0 saturated heterocycles. The van der Waals surface area contributed by atoms with Gasteiger partial charge in [0.05, 0.1) is 0 Å². The van der Waals surface area contributed by atoms with Crippen LogP contribution in [0.1, 0.15) is 0 Å². The van der Waals surface area contributed by atoms with Crippen molar-refractivity contribution in [3.05, 3.63) is 17.5 Å². The summed E-state index contributed by atoms with van der Waals surface area (Å²) in [5.74, 6) is -2.68. The first-order valence-electron chi connectivity index (χ1n) is 3.19. The maximum Gasteiger partial charge on any atom is 0.445 e. The number of thiophene rings is 1. The van der Waals surface area contributed by atoms with Gasteiger partial charge in [-0.15, -0.1) is 11.3 Å². The molecule has 1 aromatic rings. The molecule has 0 fully saturated rings. The van der Waals surface area contributed by atoms with Crippen LogP contribution >= 0.6 is 11.3 Å². The summed E-state index contributed by atoms with van der Waals surface area (Å²) in [5, 5.41) is 4.54. The molecule has 1 rings (SSSR count). The third-order valence-corrected chi connectivity index (χ3v) is 4.47. The zero-order valence-corrected chi connectivity index (χ0v) is 8.11. The first-order chi connectivity index (χ1) is 6.30. The minimum absolute atomic E-state index is 0.543. The van der Waals surface area contributed by atoms with Gasteiger partial charge in [0, 0.05) is 0 Å². The number of rotatable bonds is 3. The average Bonchev–Trinajstić information content (AvgIpc) is 2.55. The summed E-state index contributed by atoms with van der Waals surface area (Å²) in [7, 11) is -5.11. The van der Waals surface area contributed by atoms with Crippen molar-refractivity contribution in [2.75, 3.05) is 0 Å². The summed E-state index contributed by atoms with van der Waals surface area (Å²) >= 11 is 0.543. The van der Waals surface area contributed by atoms with Gasteiger partial charge in [0.25, 0.3) is 9.84 Å². The lowest BCUT2D eigenvalue weighted by atomic mass is 10.7. The monoisotopic (exact) mass is 242 g/mol. The van der Waals surface area contributed by atoms with Crippen molar-refractivity contribution in [2.45, 2.75) is 9.46 Å². The molecule has 14 heavy (non-hydrogen) atoms. The molecule has 0 radical (unpaired) electrons. The molecule has 0 amide bonds. The van der Waals surface area contributed by atoms with E-state index in [0.29, 0.717) is 11.3 Å². The van der Waals surface area contributed by atoms with Gasteiger partial charge in [0.15, 0.2) is 0 Å². The fourth-order valence-electron chi connectivity index (χ4n) is 0.658. The summed E-state index contributed by atoms with van der Waals surface area (Å²) in [6.45, 7) is 0. The maximum absolute atomic E-state index is 12.7. The van der Waals surface area contributed by atoms with Crippen LogP contribution in [0.4, 0.5) is 8.78 Å². The normalized spacial score (nSPS) is 12.7. The molecule has 0 saturated carbocycles. The number of halogens is 2. The minimum Gasteiger partial charge on any atom is -0.476 e. The number of carboxylic acids is 1. The Bertz CT molecular complexity index is 434. The Labute approximate surface area is 81.7 Å². The Morgan fingerprint density at radius 3 is 2.43 bits per heavy atom. The molecule has 8 heteroatoms. The first-order valence-corrected chi connectivity index (χ1v) is 5.56. The second-order valence-electron chi connectivity index (χ2n) is 2.26. The van der Waals surface area contributed by atoms with Gasteiger partial charge >= 0.3 is 11.2 Å². The second-order valence-corrected chi connectivity index (χ2v) is 5.42. The lowest BCUT2D eigenvalue weighted by Crippen LogP contribution is -2.37. The number of hydrogen-bond donors (Lipinski definition) is 1.